The van der Waals surface area contributed by atoms with E-state index in [2.05, 4.69) is 279 Å². The van der Waals surface area contributed by atoms with E-state index in [1.54, 1.807) is 0 Å². The Balaban J connectivity index is 0.953. The van der Waals surface area contributed by atoms with Crippen molar-refractivity contribution in [2.45, 2.75) is 38.0 Å². The molecule has 0 heterocycles. The number of fused-ring (bicyclic) bond motifs is 12. The first-order valence-corrected chi connectivity index (χ1v) is 28.7. The maximum atomic E-state index is 7.10. The Morgan fingerprint density at radius 3 is 1.63 bits per heavy atom. The molecular formula is C78H55ClN2. The zero-order valence-corrected chi connectivity index (χ0v) is 46.2. The standard InChI is InChI=1S/C78H55ClN2/c1-5-7-29-66-48(3)74-69(78(66)70-43-54-20-10-8-18-52(54)41-63(70)64-42-53-19-9-11-21-55(53)44-71(64)78)31-17-32-73(74)81(57-25-15-24-56(79)45-57)59-27-16-26-58(46-59)80(60-37-39-68-65(47-60)61-28-12-13-30-67(61)77(68,4)6-2)72-40-36-51-34-33-49-22-14-23-50-35-38-62(72)76(51)75(49)50/h5,7-47H,3,6H2,1-2,4H3/b7-5-,66-29+. The third-order valence-electron chi connectivity index (χ3n) is 18.6. The summed E-state index contributed by atoms with van der Waals surface area (Å²) >= 11 is 7.10. The number of nitrogens with zero attached hydrogens (tertiary/aromatic N) is 2. The fraction of sp³-hybridized carbons (Fsp3) is 0.0769. The van der Waals surface area contributed by atoms with Crippen molar-refractivity contribution in [3.8, 4) is 22.3 Å². The van der Waals surface area contributed by atoms with Gasteiger partial charge in [-0.05, 0) is 208 Å². The molecule has 0 amide bonds. The molecule has 2 nitrogen and oxygen atoms in total. The number of hydrogen-bond donors (Lipinski definition) is 0. The number of benzene rings is 13. The molecule has 0 N–H and O–H groups in total. The van der Waals surface area contributed by atoms with Crippen LogP contribution in [0.5, 0.6) is 0 Å². The first kappa shape index (κ1) is 47.5. The van der Waals surface area contributed by atoms with Gasteiger partial charge in [-0.1, -0.05) is 202 Å². The number of anilines is 6. The van der Waals surface area contributed by atoms with Gasteiger partial charge in [-0.3, -0.25) is 0 Å². The van der Waals surface area contributed by atoms with Crippen LogP contribution >= 0.6 is 11.6 Å². The molecule has 3 heteroatoms. The number of rotatable bonds is 8. The first-order valence-electron chi connectivity index (χ1n) is 28.4. The molecule has 1 unspecified atom stereocenters. The zero-order chi connectivity index (χ0) is 54.3. The van der Waals surface area contributed by atoms with Gasteiger partial charge in [0.15, 0.2) is 0 Å². The number of allylic oxidation sites excluding steroid dienone is 5. The predicted molar refractivity (Wildman–Crippen MR) is 345 cm³/mol. The van der Waals surface area contributed by atoms with Crippen molar-refractivity contribution in [2.24, 2.45) is 0 Å². The van der Waals surface area contributed by atoms with Gasteiger partial charge in [0.05, 0.1) is 16.8 Å². The van der Waals surface area contributed by atoms with Crippen molar-refractivity contribution in [1.29, 1.82) is 0 Å². The van der Waals surface area contributed by atoms with Crippen LogP contribution in [0.4, 0.5) is 34.1 Å². The maximum Gasteiger partial charge on any atom is 0.0726 e. The lowest BCUT2D eigenvalue weighted by Gasteiger charge is -2.33. The summed E-state index contributed by atoms with van der Waals surface area (Å²) in [7, 11) is 0. The summed E-state index contributed by atoms with van der Waals surface area (Å²) in [6.07, 6.45) is 7.66. The van der Waals surface area contributed by atoms with Gasteiger partial charge in [0.2, 0.25) is 0 Å². The fourth-order valence-corrected chi connectivity index (χ4v) is 15.0. The van der Waals surface area contributed by atoms with E-state index in [0.717, 1.165) is 51.7 Å². The van der Waals surface area contributed by atoms with Gasteiger partial charge in [-0.25, -0.2) is 0 Å². The minimum Gasteiger partial charge on any atom is -0.310 e. The van der Waals surface area contributed by atoms with Gasteiger partial charge >= 0.3 is 0 Å². The topological polar surface area (TPSA) is 6.48 Å². The van der Waals surface area contributed by atoms with Crippen LogP contribution in [0.15, 0.2) is 267 Å². The zero-order valence-electron chi connectivity index (χ0n) is 45.4. The molecule has 0 saturated carbocycles. The molecule has 3 aliphatic carbocycles. The Kier molecular flexibility index (Phi) is 10.4. The molecule has 0 saturated heterocycles. The highest BCUT2D eigenvalue weighted by molar-refractivity contribution is 6.31. The van der Waals surface area contributed by atoms with Crippen LogP contribution < -0.4 is 9.80 Å². The second-order valence-corrected chi connectivity index (χ2v) is 23.0. The van der Waals surface area contributed by atoms with Gasteiger partial charge in [-0.2, -0.15) is 0 Å². The maximum absolute atomic E-state index is 7.10. The summed E-state index contributed by atoms with van der Waals surface area (Å²) in [6.45, 7) is 12.0. The molecule has 384 valence electrons. The van der Waals surface area contributed by atoms with Gasteiger partial charge in [0.25, 0.3) is 0 Å². The smallest absolute Gasteiger partial charge is 0.0726 e. The first-order chi connectivity index (χ1) is 39.8. The summed E-state index contributed by atoms with van der Waals surface area (Å²) < 4.78 is 0. The summed E-state index contributed by atoms with van der Waals surface area (Å²) in [5, 5.41) is 13.0. The molecule has 13 aromatic carbocycles. The van der Waals surface area contributed by atoms with E-state index >= 15 is 0 Å². The molecule has 1 spiro atoms. The van der Waals surface area contributed by atoms with Crippen LogP contribution in [0.3, 0.4) is 0 Å². The van der Waals surface area contributed by atoms with Crippen LogP contribution in [-0.2, 0) is 10.8 Å². The molecule has 1 atom stereocenters. The molecule has 0 aliphatic heterocycles. The van der Waals surface area contributed by atoms with Crippen molar-refractivity contribution < 1.29 is 0 Å². The van der Waals surface area contributed by atoms with Crippen molar-refractivity contribution in [2.75, 3.05) is 9.80 Å². The Morgan fingerprint density at radius 2 is 0.951 bits per heavy atom. The van der Waals surface area contributed by atoms with E-state index in [1.807, 2.05) is 6.07 Å². The molecule has 3 aliphatic rings. The van der Waals surface area contributed by atoms with Crippen LogP contribution in [0, 0.1) is 0 Å². The van der Waals surface area contributed by atoms with E-state index in [1.165, 1.54) is 110 Å². The average Bonchev–Trinajstić information content (AvgIpc) is 2.84. The summed E-state index contributed by atoms with van der Waals surface area (Å²) in [4.78, 5) is 4.91. The minimum absolute atomic E-state index is 0.0930. The highest BCUT2D eigenvalue weighted by Gasteiger charge is 2.54. The van der Waals surface area contributed by atoms with Crippen molar-refractivity contribution in [1.82, 2.24) is 0 Å². The van der Waals surface area contributed by atoms with Gasteiger partial charge in [0, 0.05) is 44.1 Å². The van der Waals surface area contributed by atoms with Crippen LogP contribution in [-0.4, -0.2) is 0 Å². The molecule has 13 aromatic rings. The highest BCUT2D eigenvalue weighted by Crippen LogP contribution is 2.66. The lowest BCUT2D eigenvalue weighted by molar-refractivity contribution is 0.564. The van der Waals surface area contributed by atoms with Crippen LogP contribution in [0.1, 0.15) is 60.6 Å². The lowest BCUT2D eigenvalue weighted by Crippen LogP contribution is -2.26. The van der Waals surface area contributed by atoms with Crippen LogP contribution in [0.2, 0.25) is 5.02 Å². The van der Waals surface area contributed by atoms with E-state index in [4.69, 9.17) is 18.2 Å². The number of halogens is 1. The van der Waals surface area contributed by atoms with Crippen LogP contribution in [0.25, 0.3) is 81.7 Å². The predicted octanol–water partition coefficient (Wildman–Crippen LogP) is 22.0. The van der Waals surface area contributed by atoms with Crippen molar-refractivity contribution >= 4 is 105 Å². The summed E-state index contributed by atoms with van der Waals surface area (Å²) in [5.74, 6) is 0. The van der Waals surface area contributed by atoms with E-state index < -0.39 is 5.41 Å². The molecule has 81 heavy (non-hydrogen) atoms. The van der Waals surface area contributed by atoms with E-state index in [0.29, 0.717) is 5.02 Å². The molecule has 0 aromatic heterocycles. The van der Waals surface area contributed by atoms with Gasteiger partial charge in [0.1, 0.15) is 0 Å². The summed E-state index contributed by atoms with van der Waals surface area (Å²) in [6, 6.07) is 88.4. The molecule has 0 fully saturated rings. The Morgan fingerprint density at radius 1 is 0.432 bits per heavy atom. The fourth-order valence-electron chi connectivity index (χ4n) is 14.8. The van der Waals surface area contributed by atoms with E-state index in [9.17, 15) is 0 Å². The molecule has 16 rings (SSSR count). The minimum atomic E-state index is -0.672. The quantitative estimate of drug-likeness (QED) is 0.140. The molecule has 0 radical (unpaired) electrons. The largest absolute Gasteiger partial charge is 0.310 e. The normalized spacial score (nSPS) is 16.1. The second-order valence-electron chi connectivity index (χ2n) is 22.6. The average molecular weight is 1060 g/mol. The SMILES string of the molecule is C=C1/C(=C\C=C/C)C2(c3cc4ccccc4cc3-c3cc4ccccc4cc32)c2cccc(N(c3cccc(Cl)c3)c3cccc(N(c4ccc5c(c4)-c4ccccc4C5(C)CC)c4ccc5ccc6cccc7ccc4c5c67)c3)c21. The highest BCUT2D eigenvalue weighted by atomic mass is 35.5. The monoisotopic (exact) mass is 1050 g/mol. The molecule has 0 bridgehead atoms. The van der Waals surface area contributed by atoms with Gasteiger partial charge < -0.3 is 9.80 Å². The van der Waals surface area contributed by atoms with Crippen molar-refractivity contribution in [3.05, 3.63) is 305 Å². The Bertz CT molecular complexity index is 4800. The van der Waals surface area contributed by atoms with Gasteiger partial charge in [-0.15, -0.1) is 0 Å². The number of hydrogen-bond acceptors (Lipinski definition) is 2. The molecular weight excluding hydrogens is 1000 g/mol. The third kappa shape index (κ3) is 6.69. The van der Waals surface area contributed by atoms with E-state index in [-0.39, 0.29) is 5.41 Å². The van der Waals surface area contributed by atoms with Crippen molar-refractivity contribution in [3.63, 3.8) is 0 Å². The Hall–Kier alpha value is -9.47. The summed E-state index contributed by atoms with van der Waals surface area (Å²) in [5.41, 5.74) is 20.4. The Labute approximate surface area is 477 Å². The second kappa shape index (κ2) is 17.8. The third-order valence-corrected chi connectivity index (χ3v) is 18.8. The lowest BCUT2D eigenvalue weighted by atomic mass is 9.69.